The third kappa shape index (κ3) is 4.96. The Morgan fingerprint density at radius 3 is 2.74 bits per heavy atom. The minimum atomic E-state index is 0.664. The lowest BCUT2D eigenvalue weighted by Gasteiger charge is -2.13. The Kier molecular flexibility index (Phi) is 6.37. The summed E-state index contributed by atoms with van der Waals surface area (Å²) >= 11 is 2.08. The van der Waals surface area contributed by atoms with Crippen molar-refractivity contribution in [1.82, 2.24) is 5.32 Å². The summed E-state index contributed by atoms with van der Waals surface area (Å²) in [6.45, 7) is 5.31. The van der Waals surface area contributed by atoms with Crippen LogP contribution in [0.15, 0.2) is 24.3 Å². The Balaban J connectivity index is 1.64. The topological polar surface area (TPSA) is 30.5 Å². The van der Waals surface area contributed by atoms with Gasteiger partial charge in [0.1, 0.15) is 6.61 Å². The minimum absolute atomic E-state index is 0.664. The van der Waals surface area contributed by atoms with Gasteiger partial charge in [0, 0.05) is 18.3 Å². The van der Waals surface area contributed by atoms with E-state index in [9.17, 15) is 0 Å². The molecule has 1 heterocycles. The molecule has 1 fully saturated rings. The van der Waals surface area contributed by atoms with Crippen molar-refractivity contribution in [2.45, 2.75) is 25.0 Å². The van der Waals surface area contributed by atoms with E-state index in [0.29, 0.717) is 13.2 Å². The van der Waals surface area contributed by atoms with Crippen molar-refractivity contribution in [2.75, 3.05) is 32.1 Å². The highest BCUT2D eigenvalue weighted by molar-refractivity contribution is 8.00. The first kappa shape index (κ1) is 14.5. The summed E-state index contributed by atoms with van der Waals surface area (Å²) in [5.74, 6) is 2.99. The quantitative estimate of drug-likeness (QED) is 0.742. The molecule has 106 valence electrons. The summed E-state index contributed by atoms with van der Waals surface area (Å²) in [6.07, 6.45) is 2.72. The van der Waals surface area contributed by atoms with Crippen LogP contribution in [0.4, 0.5) is 0 Å². The molecule has 0 aromatic heterocycles. The smallest absolute Gasteiger partial charge is 0.161 e. The lowest BCUT2D eigenvalue weighted by Crippen LogP contribution is -2.27. The molecule has 1 aromatic carbocycles. The molecule has 1 N–H and O–H groups in total. The van der Waals surface area contributed by atoms with Gasteiger partial charge in [-0.25, -0.2) is 0 Å². The van der Waals surface area contributed by atoms with Crippen LogP contribution in [-0.2, 0) is 0 Å². The zero-order chi connectivity index (χ0) is 13.3. The van der Waals surface area contributed by atoms with Gasteiger partial charge in [0.05, 0.1) is 6.61 Å². The minimum Gasteiger partial charge on any atom is -0.490 e. The van der Waals surface area contributed by atoms with Crippen LogP contribution in [0.3, 0.4) is 0 Å². The second kappa shape index (κ2) is 8.33. The van der Waals surface area contributed by atoms with Gasteiger partial charge in [0.2, 0.25) is 0 Å². The Hall–Kier alpha value is -0.870. The number of ether oxygens (including phenoxy) is 2. The van der Waals surface area contributed by atoms with Crippen molar-refractivity contribution in [3.05, 3.63) is 24.3 Å². The van der Waals surface area contributed by atoms with Crippen LogP contribution in [0.1, 0.15) is 19.8 Å². The van der Waals surface area contributed by atoms with Crippen molar-refractivity contribution >= 4 is 11.8 Å². The number of hydrogen-bond acceptors (Lipinski definition) is 4. The molecule has 4 heteroatoms. The first-order chi connectivity index (χ1) is 9.40. The normalized spacial score (nSPS) is 18.5. The number of para-hydroxylation sites is 2. The van der Waals surface area contributed by atoms with Crippen LogP contribution in [-0.4, -0.2) is 37.3 Å². The SMILES string of the molecule is CCOc1ccccc1OCCNCC1CCCS1. The molecule has 19 heavy (non-hydrogen) atoms. The summed E-state index contributed by atoms with van der Waals surface area (Å²) in [5.41, 5.74) is 0. The molecule has 1 aliphatic heterocycles. The van der Waals surface area contributed by atoms with E-state index in [-0.39, 0.29) is 0 Å². The molecular weight excluding hydrogens is 258 g/mol. The van der Waals surface area contributed by atoms with E-state index in [2.05, 4.69) is 17.1 Å². The molecule has 1 aromatic rings. The van der Waals surface area contributed by atoms with Gasteiger partial charge in [-0.3, -0.25) is 0 Å². The Bertz CT molecular complexity index is 367. The van der Waals surface area contributed by atoms with Gasteiger partial charge in [-0.15, -0.1) is 0 Å². The third-order valence-corrected chi connectivity index (χ3v) is 4.48. The lowest BCUT2D eigenvalue weighted by atomic mass is 10.2. The fourth-order valence-corrected chi connectivity index (χ4v) is 3.38. The van der Waals surface area contributed by atoms with E-state index in [4.69, 9.17) is 9.47 Å². The van der Waals surface area contributed by atoms with Crippen LogP contribution in [0.5, 0.6) is 11.5 Å². The molecule has 1 aliphatic rings. The summed E-state index contributed by atoms with van der Waals surface area (Å²) in [4.78, 5) is 0. The number of rotatable bonds is 8. The molecule has 1 unspecified atom stereocenters. The molecule has 1 saturated heterocycles. The summed E-state index contributed by atoms with van der Waals surface area (Å²) in [6, 6.07) is 7.84. The lowest BCUT2D eigenvalue weighted by molar-refractivity contribution is 0.276. The second-order valence-corrected chi connectivity index (χ2v) is 5.98. The van der Waals surface area contributed by atoms with E-state index in [1.54, 1.807) is 0 Å². The van der Waals surface area contributed by atoms with E-state index in [1.807, 2.05) is 31.2 Å². The van der Waals surface area contributed by atoms with Crippen LogP contribution in [0.2, 0.25) is 0 Å². The molecule has 2 rings (SSSR count). The van der Waals surface area contributed by atoms with E-state index >= 15 is 0 Å². The number of benzene rings is 1. The first-order valence-electron chi connectivity index (χ1n) is 7.07. The highest BCUT2D eigenvalue weighted by Gasteiger charge is 2.14. The van der Waals surface area contributed by atoms with Crippen molar-refractivity contribution in [1.29, 1.82) is 0 Å². The number of nitrogens with one attached hydrogen (secondary N) is 1. The van der Waals surface area contributed by atoms with Crippen molar-refractivity contribution < 1.29 is 9.47 Å². The van der Waals surface area contributed by atoms with Gasteiger partial charge in [-0.1, -0.05) is 12.1 Å². The molecule has 0 bridgehead atoms. The number of thioether (sulfide) groups is 1. The molecule has 0 radical (unpaired) electrons. The Morgan fingerprint density at radius 1 is 1.26 bits per heavy atom. The van der Waals surface area contributed by atoms with E-state index in [1.165, 1.54) is 18.6 Å². The highest BCUT2D eigenvalue weighted by Crippen LogP contribution is 2.26. The number of hydrogen-bond donors (Lipinski definition) is 1. The molecule has 3 nitrogen and oxygen atoms in total. The molecule has 0 amide bonds. The van der Waals surface area contributed by atoms with E-state index in [0.717, 1.165) is 29.8 Å². The molecule has 0 saturated carbocycles. The van der Waals surface area contributed by atoms with E-state index < -0.39 is 0 Å². The van der Waals surface area contributed by atoms with Crippen molar-refractivity contribution in [3.63, 3.8) is 0 Å². The summed E-state index contributed by atoms with van der Waals surface area (Å²) in [5, 5.41) is 4.26. The fraction of sp³-hybridized carbons (Fsp3) is 0.600. The first-order valence-corrected chi connectivity index (χ1v) is 8.12. The average molecular weight is 281 g/mol. The maximum absolute atomic E-state index is 5.76. The predicted octanol–water partition coefficient (Wildman–Crippen LogP) is 2.95. The van der Waals surface area contributed by atoms with Crippen LogP contribution < -0.4 is 14.8 Å². The largest absolute Gasteiger partial charge is 0.490 e. The highest BCUT2D eigenvalue weighted by atomic mass is 32.2. The monoisotopic (exact) mass is 281 g/mol. The van der Waals surface area contributed by atoms with Gasteiger partial charge in [0.25, 0.3) is 0 Å². The maximum Gasteiger partial charge on any atom is 0.161 e. The zero-order valence-electron chi connectivity index (χ0n) is 11.6. The Labute approximate surface area is 120 Å². The van der Waals surface area contributed by atoms with Crippen LogP contribution >= 0.6 is 11.8 Å². The maximum atomic E-state index is 5.76. The van der Waals surface area contributed by atoms with Gasteiger partial charge < -0.3 is 14.8 Å². The molecular formula is C15H23NO2S. The van der Waals surface area contributed by atoms with Gasteiger partial charge in [-0.05, 0) is 37.7 Å². The third-order valence-electron chi connectivity index (χ3n) is 3.08. The van der Waals surface area contributed by atoms with Crippen molar-refractivity contribution in [3.8, 4) is 11.5 Å². The van der Waals surface area contributed by atoms with Gasteiger partial charge >= 0.3 is 0 Å². The Morgan fingerprint density at radius 2 is 2.05 bits per heavy atom. The van der Waals surface area contributed by atoms with Crippen LogP contribution in [0.25, 0.3) is 0 Å². The summed E-state index contributed by atoms with van der Waals surface area (Å²) in [7, 11) is 0. The van der Waals surface area contributed by atoms with Crippen molar-refractivity contribution in [2.24, 2.45) is 0 Å². The predicted molar refractivity (Wildman–Crippen MR) is 81.5 cm³/mol. The standard InChI is InChI=1S/C15H23NO2S/c1-2-17-14-7-3-4-8-15(14)18-10-9-16-12-13-6-5-11-19-13/h3-4,7-8,13,16H,2,5-6,9-12H2,1H3. The fourth-order valence-electron chi connectivity index (χ4n) is 2.15. The molecule has 0 aliphatic carbocycles. The van der Waals surface area contributed by atoms with Gasteiger partial charge in [0.15, 0.2) is 11.5 Å². The van der Waals surface area contributed by atoms with Crippen LogP contribution in [0, 0.1) is 0 Å². The zero-order valence-corrected chi connectivity index (χ0v) is 12.4. The van der Waals surface area contributed by atoms with Gasteiger partial charge in [-0.2, -0.15) is 11.8 Å². The summed E-state index contributed by atoms with van der Waals surface area (Å²) < 4.78 is 11.3. The second-order valence-electron chi connectivity index (χ2n) is 4.57. The average Bonchev–Trinajstić information content (AvgIpc) is 2.94. The molecule has 1 atom stereocenters. The molecule has 0 spiro atoms.